The minimum Gasteiger partial charge on any atom is -0.497 e. The van der Waals surface area contributed by atoms with E-state index in [9.17, 15) is 9.18 Å². The Kier molecular flexibility index (Phi) is 5.39. The molecular weight excluding hydrogens is 337 g/mol. The Morgan fingerprint density at radius 3 is 2.73 bits per heavy atom. The maximum absolute atomic E-state index is 13.6. The smallest absolute Gasteiger partial charge is 0.242 e. The molecule has 3 N–H and O–H groups in total. The first-order valence-corrected chi connectivity index (χ1v) is 8.32. The van der Waals surface area contributed by atoms with Gasteiger partial charge in [-0.15, -0.1) is 0 Å². The second kappa shape index (κ2) is 7.72. The number of hydrazine groups is 1. The molecule has 0 aromatic heterocycles. The van der Waals surface area contributed by atoms with E-state index in [-0.39, 0.29) is 17.8 Å². The van der Waals surface area contributed by atoms with Crippen LogP contribution in [0.4, 0.5) is 10.1 Å². The molecule has 1 aliphatic heterocycles. The van der Waals surface area contributed by atoms with Crippen molar-refractivity contribution < 1.29 is 18.7 Å². The molecule has 0 bridgehead atoms. The lowest BCUT2D eigenvalue weighted by molar-refractivity contribution is -0.117. The van der Waals surface area contributed by atoms with Gasteiger partial charge in [-0.1, -0.05) is 12.1 Å². The third kappa shape index (κ3) is 3.63. The quantitative estimate of drug-likeness (QED) is 0.766. The van der Waals surface area contributed by atoms with Crippen molar-refractivity contribution in [3.8, 4) is 11.5 Å². The molecule has 3 rings (SSSR count). The fourth-order valence-corrected chi connectivity index (χ4v) is 3.00. The number of hydrogen-bond donors (Lipinski definition) is 3. The van der Waals surface area contributed by atoms with Crippen LogP contribution in [-0.4, -0.2) is 26.2 Å². The average Bonchev–Trinajstić information content (AvgIpc) is 3.15. The number of carbonyl (C=O) groups is 1. The normalized spacial score (nSPS) is 19.2. The second-order valence-corrected chi connectivity index (χ2v) is 6.14. The SMILES string of the molecule is COc1ccc(C2CC(C(=O)Nc3cccc(F)c3C)NN2)c(OC)c1. The van der Waals surface area contributed by atoms with E-state index in [4.69, 9.17) is 9.47 Å². The number of carbonyl (C=O) groups excluding carboxylic acids is 1. The topological polar surface area (TPSA) is 71.6 Å². The van der Waals surface area contributed by atoms with Crippen LogP contribution < -0.4 is 25.6 Å². The average molecular weight is 359 g/mol. The standard InChI is InChI=1S/C19H22FN3O3/c1-11-14(20)5-4-6-15(11)21-19(24)17-10-16(22-23-17)13-8-7-12(25-2)9-18(13)26-3/h4-9,16-17,22-23H,10H2,1-3H3,(H,21,24). The first-order chi connectivity index (χ1) is 12.5. The van der Waals surface area contributed by atoms with Crippen LogP contribution >= 0.6 is 0 Å². The molecule has 0 radical (unpaired) electrons. The molecule has 26 heavy (non-hydrogen) atoms. The molecule has 0 saturated carbocycles. The fourth-order valence-electron chi connectivity index (χ4n) is 3.00. The minimum absolute atomic E-state index is 0.0970. The van der Waals surface area contributed by atoms with Crippen LogP contribution in [0.3, 0.4) is 0 Å². The molecule has 2 atom stereocenters. The van der Waals surface area contributed by atoms with Gasteiger partial charge in [0.1, 0.15) is 23.4 Å². The molecular formula is C19H22FN3O3. The first kappa shape index (κ1) is 18.2. The van der Waals surface area contributed by atoms with Crippen LogP contribution in [0, 0.1) is 12.7 Å². The summed E-state index contributed by atoms with van der Waals surface area (Å²) in [6, 6.07) is 9.64. The third-order valence-corrected chi connectivity index (χ3v) is 4.56. The van der Waals surface area contributed by atoms with Crippen molar-refractivity contribution >= 4 is 11.6 Å². The maximum Gasteiger partial charge on any atom is 0.242 e. The van der Waals surface area contributed by atoms with Crippen molar-refractivity contribution in [2.75, 3.05) is 19.5 Å². The molecule has 0 aliphatic carbocycles. The van der Waals surface area contributed by atoms with Gasteiger partial charge in [0.25, 0.3) is 0 Å². The molecule has 1 amide bonds. The molecule has 1 saturated heterocycles. The molecule has 2 aromatic rings. The number of amides is 1. The second-order valence-electron chi connectivity index (χ2n) is 6.14. The number of benzene rings is 2. The van der Waals surface area contributed by atoms with Gasteiger partial charge in [-0.25, -0.2) is 15.2 Å². The Balaban J connectivity index is 1.70. The zero-order valence-electron chi connectivity index (χ0n) is 14.9. The molecule has 1 heterocycles. The predicted molar refractivity (Wildman–Crippen MR) is 96.7 cm³/mol. The van der Waals surface area contributed by atoms with Crippen LogP contribution in [-0.2, 0) is 4.79 Å². The van der Waals surface area contributed by atoms with Crippen LogP contribution in [0.1, 0.15) is 23.6 Å². The third-order valence-electron chi connectivity index (χ3n) is 4.56. The number of methoxy groups -OCH3 is 2. The molecule has 2 unspecified atom stereocenters. The zero-order valence-corrected chi connectivity index (χ0v) is 14.9. The summed E-state index contributed by atoms with van der Waals surface area (Å²) >= 11 is 0. The number of anilines is 1. The predicted octanol–water partition coefficient (Wildman–Crippen LogP) is 2.70. The zero-order chi connectivity index (χ0) is 18.7. The monoisotopic (exact) mass is 359 g/mol. The minimum atomic E-state index is -0.450. The number of ether oxygens (including phenoxy) is 2. The van der Waals surface area contributed by atoms with Gasteiger partial charge in [0.05, 0.1) is 20.3 Å². The van der Waals surface area contributed by atoms with E-state index < -0.39 is 6.04 Å². The Labute approximate surface area is 151 Å². The van der Waals surface area contributed by atoms with Crippen molar-refractivity contribution in [3.63, 3.8) is 0 Å². The van der Waals surface area contributed by atoms with Gasteiger partial charge in [-0.05, 0) is 31.5 Å². The number of nitrogens with one attached hydrogen (secondary N) is 3. The first-order valence-electron chi connectivity index (χ1n) is 8.32. The van der Waals surface area contributed by atoms with Gasteiger partial charge in [-0.3, -0.25) is 4.79 Å². The Bertz CT molecular complexity index is 813. The molecule has 7 heteroatoms. The summed E-state index contributed by atoms with van der Waals surface area (Å²) in [5.41, 5.74) is 7.94. The van der Waals surface area contributed by atoms with E-state index in [1.54, 1.807) is 39.3 Å². The Hall–Kier alpha value is -2.64. The van der Waals surface area contributed by atoms with E-state index in [1.807, 2.05) is 12.1 Å². The van der Waals surface area contributed by atoms with Crippen molar-refractivity contribution in [1.29, 1.82) is 0 Å². The van der Waals surface area contributed by atoms with Gasteiger partial charge in [0.15, 0.2) is 0 Å². The van der Waals surface area contributed by atoms with Crippen molar-refractivity contribution in [1.82, 2.24) is 10.9 Å². The molecule has 1 fully saturated rings. The summed E-state index contributed by atoms with van der Waals surface area (Å²) in [5.74, 6) is 0.820. The van der Waals surface area contributed by atoms with Gasteiger partial charge in [0, 0.05) is 22.9 Å². The summed E-state index contributed by atoms with van der Waals surface area (Å²) < 4.78 is 24.3. The lowest BCUT2D eigenvalue weighted by Gasteiger charge is -2.15. The fraction of sp³-hybridized carbons (Fsp3) is 0.316. The summed E-state index contributed by atoms with van der Waals surface area (Å²) in [7, 11) is 3.19. The number of halogens is 1. The van der Waals surface area contributed by atoms with E-state index in [0.717, 1.165) is 5.56 Å². The van der Waals surface area contributed by atoms with Crippen LogP contribution in [0.2, 0.25) is 0 Å². The number of hydrogen-bond acceptors (Lipinski definition) is 5. The molecule has 1 aliphatic rings. The van der Waals surface area contributed by atoms with Gasteiger partial charge >= 0.3 is 0 Å². The largest absolute Gasteiger partial charge is 0.497 e. The number of rotatable bonds is 5. The Morgan fingerprint density at radius 2 is 2.00 bits per heavy atom. The maximum atomic E-state index is 13.6. The van der Waals surface area contributed by atoms with Crippen LogP contribution in [0.5, 0.6) is 11.5 Å². The van der Waals surface area contributed by atoms with E-state index in [2.05, 4.69) is 16.2 Å². The molecule has 138 valence electrons. The summed E-state index contributed by atoms with van der Waals surface area (Å²) in [5, 5.41) is 2.78. The highest BCUT2D eigenvalue weighted by Gasteiger charge is 2.32. The van der Waals surface area contributed by atoms with Crippen molar-refractivity contribution in [2.45, 2.75) is 25.4 Å². The van der Waals surface area contributed by atoms with E-state index >= 15 is 0 Å². The van der Waals surface area contributed by atoms with Gasteiger partial charge in [-0.2, -0.15) is 0 Å². The molecule has 6 nitrogen and oxygen atoms in total. The van der Waals surface area contributed by atoms with Crippen molar-refractivity contribution in [3.05, 3.63) is 53.3 Å². The van der Waals surface area contributed by atoms with E-state index in [1.165, 1.54) is 6.07 Å². The lowest BCUT2D eigenvalue weighted by Crippen LogP contribution is -2.39. The summed E-state index contributed by atoms with van der Waals surface area (Å²) in [4.78, 5) is 12.5. The van der Waals surface area contributed by atoms with Crippen molar-refractivity contribution in [2.24, 2.45) is 0 Å². The summed E-state index contributed by atoms with van der Waals surface area (Å²) in [6.45, 7) is 1.64. The van der Waals surface area contributed by atoms with E-state index in [0.29, 0.717) is 29.2 Å². The highest BCUT2D eigenvalue weighted by molar-refractivity contribution is 5.95. The van der Waals surface area contributed by atoms with Gasteiger partial charge < -0.3 is 14.8 Å². The molecule has 2 aromatic carbocycles. The van der Waals surface area contributed by atoms with Crippen LogP contribution in [0.25, 0.3) is 0 Å². The highest BCUT2D eigenvalue weighted by atomic mass is 19.1. The van der Waals surface area contributed by atoms with Crippen LogP contribution in [0.15, 0.2) is 36.4 Å². The molecule has 0 spiro atoms. The van der Waals surface area contributed by atoms with Gasteiger partial charge in [0.2, 0.25) is 5.91 Å². The Morgan fingerprint density at radius 1 is 1.19 bits per heavy atom. The highest BCUT2D eigenvalue weighted by Crippen LogP contribution is 2.33. The summed E-state index contributed by atoms with van der Waals surface area (Å²) in [6.07, 6.45) is 0.531. The lowest BCUT2D eigenvalue weighted by atomic mass is 10.0.